The van der Waals surface area contributed by atoms with Gasteiger partial charge in [-0.3, -0.25) is 0 Å². The van der Waals surface area contributed by atoms with Gasteiger partial charge in [-0.15, -0.1) is 0 Å². The van der Waals surface area contributed by atoms with E-state index in [9.17, 15) is 0 Å². The molecule has 0 aliphatic rings. The normalized spacial score (nSPS) is 9.42. The first-order valence-electron chi connectivity index (χ1n) is 3.69. The van der Waals surface area contributed by atoms with E-state index >= 15 is 0 Å². The number of hydrogen-bond acceptors (Lipinski definition) is 4. The first-order chi connectivity index (χ1) is 5.86. The van der Waals surface area contributed by atoms with Crippen LogP contribution in [0.1, 0.15) is 25.1 Å². The third-order valence-corrected chi connectivity index (χ3v) is 1.25. The van der Waals surface area contributed by atoms with E-state index in [1.807, 2.05) is 6.92 Å². The number of azide groups is 1. The van der Waals surface area contributed by atoms with Gasteiger partial charge < -0.3 is 4.52 Å². The summed E-state index contributed by atoms with van der Waals surface area (Å²) in [5.41, 5.74) is 8.01. The van der Waals surface area contributed by atoms with Crippen LogP contribution in [-0.2, 0) is 13.0 Å². The van der Waals surface area contributed by atoms with E-state index in [4.69, 9.17) is 10.1 Å². The van der Waals surface area contributed by atoms with Crippen molar-refractivity contribution < 1.29 is 4.52 Å². The average molecular weight is 167 g/mol. The van der Waals surface area contributed by atoms with Gasteiger partial charge in [-0.25, -0.2) is 0 Å². The predicted molar refractivity (Wildman–Crippen MR) is 41.1 cm³/mol. The Hall–Kier alpha value is -1.55. The Morgan fingerprint density at radius 3 is 3.17 bits per heavy atom. The molecule has 0 amide bonds. The van der Waals surface area contributed by atoms with Crippen LogP contribution in [0.15, 0.2) is 9.64 Å². The second kappa shape index (κ2) is 4.35. The number of aryl methyl sites for hydroxylation is 1. The van der Waals surface area contributed by atoms with E-state index < -0.39 is 0 Å². The largest absolute Gasteiger partial charge is 0.339 e. The van der Waals surface area contributed by atoms with E-state index in [0.717, 1.165) is 12.8 Å². The molecule has 0 aliphatic carbocycles. The Bertz CT molecular complexity index is 288. The summed E-state index contributed by atoms with van der Waals surface area (Å²) >= 11 is 0. The second-order valence-electron chi connectivity index (χ2n) is 2.24. The van der Waals surface area contributed by atoms with Crippen LogP contribution in [0.2, 0.25) is 0 Å². The first-order valence-corrected chi connectivity index (χ1v) is 3.69. The molecule has 0 aromatic carbocycles. The molecule has 1 heterocycles. The van der Waals surface area contributed by atoms with Gasteiger partial charge in [0, 0.05) is 11.3 Å². The lowest BCUT2D eigenvalue weighted by Crippen LogP contribution is -1.85. The maximum atomic E-state index is 8.01. The molecular weight excluding hydrogens is 158 g/mol. The molecule has 64 valence electrons. The van der Waals surface area contributed by atoms with Crippen molar-refractivity contribution in [1.29, 1.82) is 0 Å². The standard InChI is InChI=1S/C6H9N5O/c1-2-3-6-9-5(10-12-6)4-8-11-7/h2-4H2,1H3. The molecule has 1 rings (SSSR count). The highest BCUT2D eigenvalue weighted by molar-refractivity contribution is 4.85. The fraction of sp³-hybridized carbons (Fsp3) is 0.667. The highest BCUT2D eigenvalue weighted by Gasteiger charge is 2.02. The highest BCUT2D eigenvalue weighted by Crippen LogP contribution is 2.01. The molecule has 6 nitrogen and oxygen atoms in total. The van der Waals surface area contributed by atoms with Crippen molar-refractivity contribution >= 4 is 0 Å². The molecule has 0 radical (unpaired) electrons. The van der Waals surface area contributed by atoms with Crippen molar-refractivity contribution in [2.75, 3.05) is 0 Å². The van der Waals surface area contributed by atoms with Gasteiger partial charge in [0.05, 0.1) is 6.54 Å². The molecule has 1 aromatic heterocycles. The van der Waals surface area contributed by atoms with Gasteiger partial charge in [0.1, 0.15) is 0 Å². The number of hydrogen-bond donors (Lipinski definition) is 0. The van der Waals surface area contributed by atoms with Crippen molar-refractivity contribution in [2.24, 2.45) is 5.11 Å². The quantitative estimate of drug-likeness (QED) is 0.389. The minimum absolute atomic E-state index is 0.156. The number of nitrogens with zero attached hydrogens (tertiary/aromatic N) is 5. The number of aromatic nitrogens is 2. The Morgan fingerprint density at radius 2 is 2.50 bits per heavy atom. The molecule has 0 aliphatic heterocycles. The minimum atomic E-state index is 0.156. The summed E-state index contributed by atoms with van der Waals surface area (Å²) < 4.78 is 4.86. The van der Waals surface area contributed by atoms with E-state index in [2.05, 4.69) is 20.2 Å². The van der Waals surface area contributed by atoms with Gasteiger partial charge in [0.15, 0.2) is 5.82 Å². The molecule has 0 fully saturated rings. The maximum Gasteiger partial charge on any atom is 0.226 e. The molecule has 6 heteroatoms. The van der Waals surface area contributed by atoms with Crippen LogP contribution in [0.4, 0.5) is 0 Å². The predicted octanol–water partition coefficient (Wildman–Crippen LogP) is 1.83. The Balaban J connectivity index is 2.57. The zero-order valence-corrected chi connectivity index (χ0v) is 6.77. The fourth-order valence-corrected chi connectivity index (χ4v) is 0.765. The van der Waals surface area contributed by atoms with E-state index in [0.29, 0.717) is 11.7 Å². The van der Waals surface area contributed by atoms with Crippen LogP contribution in [0.25, 0.3) is 10.4 Å². The molecule has 12 heavy (non-hydrogen) atoms. The lowest BCUT2D eigenvalue weighted by Gasteiger charge is -1.82. The zero-order valence-electron chi connectivity index (χ0n) is 6.77. The summed E-state index contributed by atoms with van der Waals surface area (Å²) in [7, 11) is 0. The molecule has 0 bridgehead atoms. The number of rotatable bonds is 4. The molecule has 1 aromatic rings. The first kappa shape index (κ1) is 8.55. The van der Waals surface area contributed by atoms with Crippen molar-refractivity contribution in [3.8, 4) is 0 Å². The smallest absolute Gasteiger partial charge is 0.226 e. The van der Waals surface area contributed by atoms with E-state index in [-0.39, 0.29) is 6.54 Å². The van der Waals surface area contributed by atoms with Crippen LogP contribution in [0, 0.1) is 0 Å². The Labute approximate surface area is 69.2 Å². The third kappa shape index (κ3) is 2.25. The lowest BCUT2D eigenvalue weighted by atomic mass is 10.3. The summed E-state index contributed by atoms with van der Waals surface area (Å²) in [6, 6.07) is 0. The van der Waals surface area contributed by atoms with Crippen LogP contribution >= 0.6 is 0 Å². The van der Waals surface area contributed by atoms with Gasteiger partial charge in [-0.1, -0.05) is 17.2 Å². The average Bonchev–Trinajstić information content (AvgIpc) is 2.50. The molecule has 0 atom stereocenters. The molecule has 0 N–H and O–H groups in total. The van der Waals surface area contributed by atoms with E-state index in [1.165, 1.54) is 0 Å². The minimum Gasteiger partial charge on any atom is -0.339 e. The zero-order chi connectivity index (χ0) is 8.81. The van der Waals surface area contributed by atoms with Gasteiger partial charge >= 0.3 is 0 Å². The summed E-state index contributed by atoms with van der Waals surface area (Å²) in [4.78, 5) is 6.58. The topological polar surface area (TPSA) is 87.7 Å². The van der Waals surface area contributed by atoms with Crippen LogP contribution in [-0.4, -0.2) is 10.1 Å². The fourth-order valence-electron chi connectivity index (χ4n) is 0.765. The molecule has 0 saturated heterocycles. The monoisotopic (exact) mass is 167 g/mol. The molecule has 0 unspecified atom stereocenters. The molecule has 0 spiro atoms. The van der Waals surface area contributed by atoms with Crippen LogP contribution in [0.3, 0.4) is 0 Å². The van der Waals surface area contributed by atoms with E-state index in [1.54, 1.807) is 0 Å². The van der Waals surface area contributed by atoms with Crippen molar-refractivity contribution in [2.45, 2.75) is 26.3 Å². The third-order valence-electron chi connectivity index (χ3n) is 1.25. The van der Waals surface area contributed by atoms with Gasteiger partial charge in [0.2, 0.25) is 5.89 Å². The highest BCUT2D eigenvalue weighted by atomic mass is 16.5. The summed E-state index contributed by atoms with van der Waals surface area (Å²) in [6.45, 7) is 2.18. The van der Waals surface area contributed by atoms with Crippen LogP contribution < -0.4 is 0 Å². The second-order valence-corrected chi connectivity index (χ2v) is 2.24. The summed E-state index contributed by atoms with van der Waals surface area (Å²) in [6.07, 6.45) is 1.73. The van der Waals surface area contributed by atoms with Gasteiger partial charge in [0.25, 0.3) is 0 Å². The molecule has 0 saturated carbocycles. The maximum absolute atomic E-state index is 8.01. The van der Waals surface area contributed by atoms with Crippen molar-refractivity contribution in [3.63, 3.8) is 0 Å². The van der Waals surface area contributed by atoms with Crippen LogP contribution in [0.5, 0.6) is 0 Å². The van der Waals surface area contributed by atoms with Crippen molar-refractivity contribution in [3.05, 3.63) is 22.2 Å². The SMILES string of the molecule is CCCc1nc(CN=[N+]=[N-])no1. The Kier molecular flexibility index (Phi) is 3.10. The molecular formula is C6H9N5O. The van der Waals surface area contributed by atoms with Gasteiger partial charge in [-0.2, -0.15) is 4.98 Å². The summed E-state index contributed by atoms with van der Waals surface area (Å²) in [5, 5.41) is 6.93. The Morgan fingerprint density at radius 1 is 1.67 bits per heavy atom. The van der Waals surface area contributed by atoms with Gasteiger partial charge in [-0.05, 0) is 12.0 Å². The van der Waals surface area contributed by atoms with Crippen molar-refractivity contribution in [1.82, 2.24) is 10.1 Å². The lowest BCUT2D eigenvalue weighted by molar-refractivity contribution is 0.372. The summed E-state index contributed by atoms with van der Waals surface area (Å²) in [5.74, 6) is 1.04.